The Bertz CT molecular complexity index is 623. The summed E-state index contributed by atoms with van der Waals surface area (Å²) in [6.07, 6.45) is 0.475. The summed E-state index contributed by atoms with van der Waals surface area (Å²) in [4.78, 5) is 28.4. The van der Waals surface area contributed by atoms with Gasteiger partial charge in [0.05, 0.1) is 16.4 Å². The number of benzene rings is 1. The van der Waals surface area contributed by atoms with E-state index in [2.05, 4.69) is 10.2 Å². The second-order valence-corrected chi connectivity index (χ2v) is 7.66. The maximum Gasteiger partial charge on any atom is 0.225 e. The molecule has 0 atom stereocenters. The van der Waals surface area contributed by atoms with Crippen LogP contribution in [0.1, 0.15) is 34.1 Å². The predicted octanol–water partition coefficient (Wildman–Crippen LogP) is 3.63. The number of rotatable bonds is 5. The zero-order valence-electron chi connectivity index (χ0n) is 15.5. The lowest BCUT2D eigenvalue weighted by Gasteiger charge is -2.38. The predicted molar refractivity (Wildman–Crippen MR) is 103 cm³/mol. The van der Waals surface area contributed by atoms with Gasteiger partial charge < -0.3 is 15.1 Å². The molecule has 0 aliphatic carbocycles. The molecule has 0 radical (unpaired) electrons. The van der Waals surface area contributed by atoms with Gasteiger partial charge >= 0.3 is 0 Å². The van der Waals surface area contributed by atoms with Crippen LogP contribution >= 0.6 is 11.6 Å². The van der Waals surface area contributed by atoms with E-state index in [1.165, 1.54) is 0 Å². The van der Waals surface area contributed by atoms with Crippen molar-refractivity contribution >= 4 is 34.8 Å². The van der Waals surface area contributed by atoms with Crippen molar-refractivity contribution in [3.05, 3.63) is 23.2 Å². The van der Waals surface area contributed by atoms with Crippen LogP contribution in [0.3, 0.4) is 0 Å². The highest BCUT2D eigenvalue weighted by atomic mass is 35.5. The lowest BCUT2D eigenvalue weighted by Crippen LogP contribution is -2.50. The Balaban J connectivity index is 2.12. The topological polar surface area (TPSA) is 52.7 Å². The number of carbonyl (C=O) groups is 2. The van der Waals surface area contributed by atoms with Gasteiger partial charge in [-0.2, -0.15) is 0 Å². The van der Waals surface area contributed by atoms with Gasteiger partial charge in [-0.05, 0) is 18.1 Å². The minimum Gasteiger partial charge on any atom is -0.365 e. The van der Waals surface area contributed by atoms with Crippen molar-refractivity contribution in [1.29, 1.82) is 0 Å². The lowest BCUT2D eigenvalue weighted by molar-refractivity contribution is -0.134. The molecule has 5 nitrogen and oxygen atoms in total. The lowest BCUT2D eigenvalue weighted by atomic mass is 10.1. The van der Waals surface area contributed by atoms with Crippen molar-refractivity contribution in [2.24, 2.45) is 11.8 Å². The summed E-state index contributed by atoms with van der Waals surface area (Å²) < 4.78 is 0. The number of nitrogens with zero attached hydrogens (tertiary/aromatic N) is 2. The molecule has 0 unspecified atom stereocenters. The molecule has 1 heterocycles. The van der Waals surface area contributed by atoms with Crippen LogP contribution in [0.5, 0.6) is 0 Å². The molecular formula is C19H28ClN3O2. The number of anilines is 2. The largest absolute Gasteiger partial charge is 0.365 e. The number of amides is 2. The molecule has 25 heavy (non-hydrogen) atoms. The maximum absolute atomic E-state index is 12.2. The summed E-state index contributed by atoms with van der Waals surface area (Å²) >= 11 is 6.43. The molecule has 0 aromatic heterocycles. The minimum absolute atomic E-state index is 0.00728. The van der Waals surface area contributed by atoms with E-state index in [1.807, 2.05) is 50.8 Å². The standard InChI is InChI=1S/C19H28ClN3O2/c1-13(2)12-17(24)21-16-7-5-6-15(20)18(16)22-8-10-23(11-9-22)19(25)14(3)4/h5-7,13-14H,8-12H2,1-4H3,(H,21,24). The summed E-state index contributed by atoms with van der Waals surface area (Å²) in [5, 5.41) is 3.60. The van der Waals surface area contributed by atoms with Crippen LogP contribution in [-0.4, -0.2) is 42.9 Å². The molecule has 2 rings (SSSR count). The van der Waals surface area contributed by atoms with E-state index >= 15 is 0 Å². The first-order valence-corrected chi connectivity index (χ1v) is 9.29. The number of hydrogen-bond acceptors (Lipinski definition) is 3. The molecule has 138 valence electrons. The van der Waals surface area contributed by atoms with Crippen molar-refractivity contribution in [2.45, 2.75) is 34.1 Å². The molecule has 2 amide bonds. The third-order valence-electron chi connectivity index (χ3n) is 4.26. The zero-order valence-corrected chi connectivity index (χ0v) is 16.3. The van der Waals surface area contributed by atoms with Crippen LogP contribution in [0.2, 0.25) is 5.02 Å². The normalized spacial score (nSPS) is 15.0. The molecule has 0 saturated carbocycles. The van der Waals surface area contributed by atoms with Crippen molar-refractivity contribution in [2.75, 3.05) is 36.4 Å². The van der Waals surface area contributed by atoms with Gasteiger partial charge in [0.2, 0.25) is 11.8 Å². The second kappa shape index (κ2) is 8.56. The van der Waals surface area contributed by atoms with Crippen LogP contribution in [0.4, 0.5) is 11.4 Å². The highest BCUT2D eigenvalue weighted by molar-refractivity contribution is 6.34. The van der Waals surface area contributed by atoms with Gasteiger partial charge in [0.25, 0.3) is 0 Å². The molecule has 6 heteroatoms. The van der Waals surface area contributed by atoms with E-state index in [1.54, 1.807) is 0 Å². The monoisotopic (exact) mass is 365 g/mol. The second-order valence-electron chi connectivity index (χ2n) is 7.25. The molecule has 0 bridgehead atoms. The fourth-order valence-electron chi connectivity index (χ4n) is 3.03. The third kappa shape index (κ3) is 5.11. The first-order chi connectivity index (χ1) is 11.8. The first-order valence-electron chi connectivity index (χ1n) is 8.91. The molecule has 1 aliphatic heterocycles. The van der Waals surface area contributed by atoms with E-state index in [9.17, 15) is 9.59 Å². The molecule has 1 aromatic rings. The Morgan fingerprint density at radius 2 is 1.76 bits per heavy atom. The summed E-state index contributed by atoms with van der Waals surface area (Å²) in [5.41, 5.74) is 1.58. The quantitative estimate of drug-likeness (QED) is 0.866. The Hall–Kier alpha value is -1.75. The summed E-state index contributed by atoms with van der Waals surface area (Å²) in [5.74, 6) is 0.488. The van der Waals surface area contributed by atoms with Gasteiger partial charge in [-0.15, -0.1) is 0 Å². The molecule has 1 fully saturated rings. The average Bonchev–Trinajstić information content (AvgIpc) is 2.53. The van der Waals surface area contributed by atoms with Gasteiger partial charge in [0, 0.05) is 38.5 Å². The van der Waals surface area contributed by atoms with Crippen LogP contribution in [-0.2, 0) is 9.59 Å². The smallest absolute Gasteiger partial charge is 0.225 e. The van der Waals surface area contributed by atoms with Gasteiger partial charge in [0.1, 0.15) is 0 Å². The third-order valence-corrected chi connectivity index (χ3v) is 4.56. The number of halogens is 1. The average molecular weight is 366 g/mol. The fraction of sp³-hybridized carbons (Fsp3) is 0.579. The molecule has 1 aromatic carbocycles. The van der Waals surface area contributed by atoms with Crippen molar-refractivity contribution in [3.63, 3.8) is 0 Å². The van der Waals surface area contributed by atoms with Crippen LogP contribution in [0.15, 0.2) is 18.2 Å². The van der Waals surface area contributed by atoms with Crippen LogP contribution in [0, 0.1) is 11.8 Å². The van der Waals surface area contributed by atoms with Crippen molar-refractivity contribution in [1.82, 2.24) is 4.90 Å². The van der Waals surface area contributed by atoms with E-state index in [0.29, 0.717) is 43.5 Å². The van der Waals surface area contributed by atoms with Gasteiger partial charge in [-0.3, -0.25) is 9.59 Å². The SMILES string of the molecule is CC(C)CC(=O)Nc1cccc(Cl)c1N1CCN(C(=O)C(C)C)CC1. The van der Waals surface area contributed by atoms with Crippen LogP contribution < -0.4 is 10.2 Å². The van der Waals surface area contributed by atoms with E-state index in [4.69, 9.17) is 11.6 Å². The van der Waals surface area contributed by atoms with Gasteiger partial charge in [0.15, 0.2) is 0 Å². The molecular weight excluding hydrogens is 338 g/mol. The summed E-state index contributed by atoms with van der Waals surface area (Å²) in [6, 6.07) is 5.56. The summed E-state index contributed by atoms with van der Waals surface area (Å²) in [7, 11) is 0. The van der Waals surface area contributed by atoms with Gasteiger partial charge in [-0.1, -0.05) is 45.4 Å². The number of para-hydroxylation sites is 1. The Morgan fingerprint density at radius 3 is 2.32 bits per heavy atom. The molecule has 1 N–H and O–H groups in total. The highest BCUT2D eigenvalue weighted by Gasteiger charge is 2.25. The Kier molecular flexibility index (Phi) is 6.71. The fourth-order valence-corrected chi connectivity index (χ4v) is 3.32. The van der Waals surface area contributed by atoms with Crippen LogP contribution in [0.25, 0.3) is 0 Å². The van der Waals surface area contributed by atoms with E-state index in [-0.39, 0.29) is 17.7 Å². The minimum atomic E-state index is -0.00728. The number of hydrogen-bond donors (Lipinski definition) is 1. The first kappa shape index (κ1) is 19.6. The molecule has 1 aliphatic rings. The number of nitrogens with one attached hydrogen (secondary N) is 1. The maximum atomic E-state index is 12.2. The summed E-state index contributed by atoms with van der Waals surface area (Å²) in [6.45, 7) is 10.6. The Morgan fingerprint density at radius 1 is 1.12 bits per heavy atom. The van der Waals surface area contributed by atoms with E-state index in [0.717, 1.165) is 11.4 Å². The van der Waals surface area contributed by atoms with Crippen molar-refractivity contribution < 1.29 is 9.59 Å². The molecule has 0 spiro atoms. The highest BCUT2D eigenvalue weighted by Crippen LogP contribution is 2.34. The van der Waals surface area contributed by atoms with E-state index < -0.39 is 0 Å². The van der Waals surface area contributed by atoms with Gasteiger partial charge in [-0.25, -0.2) is 0 Å². The number of piperazine rings is 1. The van der Waals surface area contributed by atoms with Crippen molar-refractivity contribution in [3.8, 4) is 0 Å². The molecule has 1 saturated heterocycles. The zero-order chi connectivity index (χ0) is 18.6. The Labute approximate surface area is 155 Å². The number of carbonyl (C=O) groups excluding carboxylic acids is 2.